The van der Waals surface area contributed by atoms with Crippen LogP contribution in [-0.2, 0) is 14.8 Å². The third-order valence-corrected chi connectivity index (χ3v) is 6.77. The van der Waals surface area contributed by atoms with Crippen LogP contribution in [0.3, 0.4) is 0 Å². The molecule has 5 nitrogen and oxygen atoms in total. The van der Waals surface area contributed by atoms with E-state index in [0.717, 1.165) is 32.8 Å². The molecule has 0 bridgehead atoms. The van der Waals surface area contributed by atoms with Crippen molar-refractivity contribution in [3.8, 4) is 0 Å². The van der Waals surface area contributed by atoms with Gasteiger partial charge in [-0.05, 0) is 13.8 Å². The maximum atomic E-state index is 11.9. The van der Waals surface area contributed by atoms with Gasteiger partial charge in [0.2, 0.25) is 10.0 Å². The molecule has 0 atom stereocenters. The SMILES string of the molecule is CC(C)N(CCN1CCOCC1)S(=O)(=O)CI. The van der Waals surface area contributed by atoms with Crippen molar-refractivity contribution in [1.82, 2.24) is 9.21 Å². The Hall–Kier alpha value is 0.560. The molecule has 0 spiro atoms. The van der Waals surface area contributed by atoms with Crippen LogP contribution in [0.5, 0.6) is 0 Å². The number of hydrogen-bond acceptors (Lipinski definition) is 4. The van der Waals surface area contributed by atoms with Gasteiger partial charge in [-0.15, -0.1) is 0 Å². The van der Waals surface area contributed by atoms with Gasteiger partial charge in [0.25, 0.3) is 0 Å². The smallest absolute Gasteiger partial charge is 0.223 e. The summed E-state index contributed by atoms with van der Waals surface area (Å²) in [5.74, 6) is 0. The molecule has 1 aliphatic rings. The van der Waals surface area contributed by atoms with E-state index in [4.69, 9.17) is 4.74 Å². The van der Waals surface area contributed by atoms with Crippen molar-refractivity contribution < 1.29 is 13.2 Å². The molecule has 0 aromatic carbocycles. The van der Waals surface area contributed by atoms with Crippen molar-refractivity contribution in [1.29, 1.82) is 0 Å². The quantitative estimate of drug-likeness (QED) is 0.507. The van der Waals surface area contributed by atoms with E-state index in [1.54, 1.807) is 4.31 Å². The van der Waals surface area contributed by atoms with Crippen LogP contribution in [0.15, 0.2) is 0 Å². The first-order chi connectivity index (χ1) is 7.97. The van der Waals surface area contributed by atoms with E-state index < -0.39 is 10.0 Å². The highest BCUT2D eigenvalue weighted by molar-refractivity contribution is 14.1. The number of halogens is 1. The number of morpholine rings is 1. The molecule has 0 aromatic heterocycles. The van der Waals surface area contributed by atoms with Gasteiger partial charge < -0.3 is 4.74 Å². The third kappa shape index (κ3) is 4.98. The summed E-state index contributed by atoms with van der Waals surface area (Å²) in [4.78, 5) is 2.25. The first-order valence-electron chi connectivity index (χ1n) is 5.83. The summed E-state index contributed by atoms with van der Waals surface area (Å²) in [6, 6.07) is 0.0239. The fourth-order valence-corrected chi connectivity index (χ4v) is 4.05. The lowest BCUT2D eigenvalue weighted by atomic mass is 10.3. The molecule has 0 amide bonds. The lowest BCUT2D eigenvalue weighted by molar-refractivity contribution is 0.0357. The molecule has 0 N–H and O–H groups in total. The normalized spacial score (nSPS) is 19.1. The molecular formula is C10H21IN2O3S. The summed E-state index contributed by atoms with van der Waals surface area (Å²) in [5, 5.41) is 0. The van der Waals surface area contributed by atoms with E-state index in [9.17, 15) is 8.42 Å². The number of nitrogens with zero attached hydrogens (tertiary/aromatic N) is 2. The monoisotopic (exact) mass is 376 g/mol. The van der Waals surface area contributed by atoms with Gasteiger partial charge in [0.1, 0.15) is 3.76 Å². The van der Waals surface area contributed by atoms with E-state index >= 15 is 0 Å². The molecule has 1 saturated heterocycles. The maximum absolute atomic E-state index is 11.9. The number of ether oxygens (including phenoxy) is 1. The lowest BCUT2D eigenvalue weighted by Gasteiger charge is -2.31. The second kappa shape index (κ2) is 7.22. The highest BCUT2D eigenvalue weighted by Gasteiger charge is 2.24. The Morgan fingerprint density at radius 3 is 2.41 bits per heavy atom. The van der Waals surface area contributed by atoms with Gasteiger partial charge in [0, 0.05) is 32.2 Å². The summed E-state index contributed by atoms with van der Waals surface area (Å²) in [6.07, 6.45) is 0. The van der Waals surface area contributed by atoms with Crippen molar-refractivity contribution in [3.63, 3.8) is 0 Å². The average molecular weight is 376 g/mol. The molecule has 0 aromatic rings. The van der Waals surface area contributed by atoms with Crippen LogP contribution in [0, 0.1) is 0 Å². The minimum absolute atomic E-state index is 0.0239. The summed E-state index contributed by atoms with van der Waals surface area (Å²) in [6.45, 7) is 8.50. The second-order valence-electron chi connectivity index (χ2n) is 4.38. The van der Waals surface area contributed by atoms with Crippen LogP contribution in [-0.4, -0.2) is 66.8 Å². The van der Waals surface area contributed by atoms with E-state index in [1.807, 2.05) is 36.4 Å². The van der Waals surface area contributed by atoms with Crippen LogP contribution in [0.4, 0.5) is 0 Å². The Kier molecular flexibility index (Phi) is 6.64. The van der Waals surface area contributed by atoms with Gasteiger partial charge in [-0.25, -0.2) is 8.42 Å². The van der Waals surface area contributed by atoms with Crippen LogP contribution < -0.4 is 0 Å². The number of sulfonamides is 1. The van der Waals surface area contributed by atoms with E-state index in [2.05, 4.69) is 4.90 Å². The van der Waals surface area contributed by atoms with Crippen LogP contribution >= 0.6 is 22.6 Å². The molecule has 1 rings (SSSR count). The van der Waals surface area contributed by atoms with Crippen molar-refractivity contribution in [2.75, 3.05) is 43.2 Å². The molecule has 102 valence electrons. The summed E-state index contributed by atoms with van der Waals surface area (Å²) in [7, 11) is -3.10. The van der Waals surface area contributed by atoms with Crippen molar-refractivity contribution in [2.24, 2.45) is 0 Å². The highest BCUT2D eigenvalue weighted by atomic mass is 127. The van der Waals surface area contributed by atoms with E-state index in [1.165, 1.54) is 0 Å². The van der Waals surface area contributed by atoms with Crippen LogP contribution in [0.2, 0.25) is 0 Å². The molecule has 1 heterocycles. The van der Waals surface area contributed by atoms with Gasteiger partial charge in [-0.3, -0.25) is 4.90 Å². The minimum atomic E-state index is -3.10. The number of rotatable bonds is 6. The van der Waals surface area contributed by atoms with E-state index in [-0.39, 0.29) is 9.80 Å². The predicted molar refractivity (Wildman–Crippen MR) is 76.9 cm³/mol. The maximum Gasteiger partial charge on any atom is 0.223 e. The predicted octanol–water partition coefficient (Wildman–Crippen LogP) is 0.751. The fourth-order valence-electron chi connectivity index (χ4n) is 1.85. The Balaban J connectivity index is 2.50. The summed E-state index contributed by atoms with van der Waals surface area (Å²) < 4.78 is 30.8. The highest BCUT2D eigenvalue weighted by Crippen LogP contribution is 2.10. The molecule has 7 heteroatoms. The topological polar surface area (TPSA) is 49.9 Å². The molecule has 0 aliphatic carbocycles. The minimum Gasteiger partial charge on any atom is -0.379 e. The molecule has 0 radical (unpaired) electrons. The van der Waals surface area contributed by atoms with Gasteiger partial charge in [0.05, 0.1) is 13.2 Å². The van der Waals surface area contributed by atoms with Crippen LogP contribution in [0.1, 0.15) is 13.8 Å². The number of hydrogen-bond donors (Lipinski definition) is 0. The molecular weight excluding hydrogens is 355 g/mol. The van der Waals surface area contributed by atoms with Crippen molar-refractivity contribution in [2.45, 2.75) is 19.9 Å². The average Bonchev–Trinajstić information content (AvgIpc) is 2.30. The second-order valence-corrected chi connectivity index (χ2v) is 8.10. The van der Waals surface area contributed by atoms with Gasteiger partial charge in [0.15, 0.2) is 0 Å². The Morgan fingerprint density at radius 1 is 1.35 bits per heavy atom. The molecule has 0 saturated carbocycles. The van der Waals surface area contributed by atoms with Gasteiger partial charge in [-0.2, -0.15) is 4.31 Å². The largest absolute Gasteiger partial charge is 0.379 e. The Labute approximate surface area is 118 Å². The molecule has 1 aliphatic heterocycles. The zero-order valence-electron chi connectivity index (χ0n) is 10.4. The first kappa shape index (κ1) is 15.6. The Morgan fingerprint density at radius 2 is 1.94 bits per heavy atom. The van der Waals surface area contributed by atoms with Crippen molar-refractivity contribution >= 4 is 32.6 Å². The van der Waals surface area contributed by atoms with Gasteiger partial charge >= 0.3 is 0 Å². The standard InChI is InChI=1S/C10H21IN2O3S/c1-10(2)13(17(14,15)9-11)4-3-12-5-7-16-8-6-12/h10H,3-9H2,1-2H3. The molecule has 0 unspecified atom stereocenters. The van der Waals surface area contributed by atoms with Crippen molar-refractivity contribution in [3.05, 3.63) is 0 Å². The lowest BCUT2D eigenvalue weighted by Crippen LogP contribution is -2.45. The number of alkyl halides is 1. The van der Waals surface area contributed by atoms with Crippen LogP contribution in [0.25, 0.3) is 0 Å². The summed E-state index contributed by atoms with van der Waals surface area (Å²) >= 11 is 1.91. The molecule has 1 fully saturated rings. The van der Waals surface area contributed by atoms with Gasteiger partial charge in [-0.1, -0.05) is 22.6 Å². The first-order valence-corrected chi connectivity index (χ1v) is 8.96. The molecule has 17 heavy (non-hydrogen) atoms. The summed E-state index contributed by atoms with van der Waals surface area (Å²) in [5.41, 5.74) is 0. The van der Waals surface area contributed by atoms with E-state index in [0.29, 0.717) is 6.54 Å². The third-order valence-electron chi connectivity index (χ3n) is 2.81. The zero-order chi connectivity index (χ0) is 12.9. The fraction of sp³-hybridized carbons (Fsp3) is 1.00. The zero-order valence-corrected chi connectivity index (χ0v) is 13.4. The Bertz CT molecular complexity index is 316.